The summed E-state index contributed by atoms with van der Waals surface area (Å²) in [5.41, 5.74) is 0.517. The number of carbonyl (C=O) groups excluding carboxylic acids is 3. The highest BCUT2D eigenvalue weighted by Gasteiger charge is 2.51. The summed E-state index contributed by atoms with van der Waals surface area (Å²) in [6, 6.07) is 8.92. The molecule has 1 aliphatic carbocycles. The lowest BCUT2D eigenvalue weighted by atomic mass is 9.87. The van der Waals surface area contributed by atoms with Gasteiger partial charge in [0.05, 0.1) is 12.0 Å². The van der Waals surface area contributed by atoms with Gasteiger partial charge in [0, 0.05) is 31.1 Å². The highest BCUT2D eigenvalue weighted by Crippen LogP contribution is 2.45. The van der Waals surface area contributed by atoms with Crippen molar-refractivity contribution in [2.75, 3.05) is 0 Å². The summed E-state index contributed by atoms with van der Waals surface area (Å²) in [5.74, 6) is -0.214. The topological polar surface area (TPSA) is 69.7 Å². The van der Waals surface area contributed by atoms with E-state index in [0.29, 0.717) is 37.7 Å². The van der Waals surface area contributed by atoms with Crippen LogP contribution in [-0.2, 0) is 19.1 Å². The van der Waals surface area contributed by atoms with Gasteiger partial charge in [0.15, 0.2) is 0 Å². The maximum atomic E-state index is 12.5. The molecule has 0 aromatic heterocycles. The van der Waals surface area contributed by atoms with E-state index < -0.39 is 0 Å². The number of benzene rings is 1. The van der Waals surface area contributed by atoms with Crippen LogP contribution in [0.2, 0.25) is 0 Å². The van der Waals surface area contributed by atoms with Crippen molar-refractivity contribution in [3.05, 3.63) is 35.9 Å². The van der Waals surface area contributed by atoms with Gasteiger partial charge in [-0.15, -0.1) is 0 Å². The van der Waals surface area contributed by atoms with Crippen molar-refractivity contribution in [2.24, 2.45) is 11.8 Å². The summed E-state index contributed by atoms with van der Waals surface area (Å²) < 4.78 is 11.2. The van der Waals surface area contributed by atoms with Crippen LogP contribution in [0, 0.1) is 11.8 Å². The Labute approximate surface area is 173 Å². The Morgan fingerprint density at radius 3 is 2.59 bits per heavy atom. The van der Waals surface area contributed by atoms with Crippen molar-refractivity contribution in [1.29, 1.82) is 0 Å². The van der Waals surface area contributed by atoms with Crippen LogP contribution in [0.3, 0.4) is 0 Å². The van der Waals surface area contributed by atoms with Gasteiger partial charge in [-0.25, -0.2) is 4.79 Å². The van der Waals surface area contributed by atoms with E-state index in [0.717, 1.165) is 12.8 Å². The Morgan fingerprint density at radius 2 is 1.83 bits per heavy atom. The highest BCUT2D eigenvalue weighted by molar-refractivity contribution is 5.89. The van der Waals surface area contributed by atoms with Gasteiger partial charge in [-0.3, -0.25) is 9.59 Å². The molecule has 1 saturated heterocycles. The van der Waals surface area contributed by atoms with Gasteiger partial charge >= 0.3 is 11.9 Å². The minimum Gasteiger partial charge on any atom is -0.462 e. The van der Waals surface area contributed by atoms with E-state index >= 15 is 0 Å². The summed E-state index contributed by atoms with van der Waals surface area (Å²) in [7, 11) is 0. The molecule has 5 heteroatoms. The van der Waals surface area contributed by atoms with Crippen LogP contribution in [0.1, 0.15) is 81.5 Å². The van der Waals surface area contributed by atoms with Crippen molar-refractivity contribution in [3.8, 4) is 0 Å². The first kappa shape index (κ1) is 21.5. The van der Waals surface area contributed by atoms with Crippen molar-refractivity contribution in [2.45, 2.75) is 83.3 Å². The van der Waals surface area contributed by atoms with Crippen LogP contribution < -0.4 is 0 Å². The molecule has 0 N–H and O–H groups in total. The number of hydrogen-bond donors (Lipinski definition) is 0. The molecule has 1 heterocycles. The molecule has 2 aliphatic rings. The van der Waals surface area contributed by atoms with Crippen LogP contribution >= 0.6 is 0 Å². The summed E-state index contributed by atoms with van der Waals surface area (Å²) in [6.07, 6.45) is 7.81. The van der Waals surface area contributed by atoms with Gasteiger partial charge in [0.1, 0.15) is 18.0 Å². The van der Waals surface area contributed by atoms with E-state index in [2.05, 4.69) is 6.92 Å². The largest absolute Gasteiger partial charge is 0.462 e. The Kier molecular flexibility index (Phi) is 7.84. The Hall–Kier alpha value is -2.17. The van der Waals surface area contributed by atoms with Gasteiger partial charge in [-0.05, 0) is 25.0 Å². The van der Waals surface area contributed by atoms with Crippen molar-refractivity contribution < 1.29 is 23.9 Å². The number of ether oxygens (including phenoxy) is 2. The molecule has 0 bridgehead atoms. The second-order valence-corrected chi connectivity index (χ2v) is 8.35. The standard InChI is InChI=1S/C24H32O5/c1-2-3-4-5-9-12-18(25)13-14-19-20-15-23(26)28-22(20)16-21(19)29-24(27)17-10-7-6-8-11-17/h6-8,10-11,19-22H,2-5,9,12-16H2,1H3/t19-,20?,21?,22+/m1/s1. The second-order valence-electron chi connectivity index (χ2n) is 8.35. The van der Waals surface area contributed by atoms with Crippen molar-refractivity contribution in [3.63, 3.8) is 0 Å². The maximum Gasteiger partial charge on any atom is 0.338 e. The van der Waals surface area contributed by atoms with Crippen LogP contribution in [0.25, 0.3) is 0 Å². The summed E-state index contributed by atoms with van der Waals surface area (Å²) in [6.45, 7) is 2.18. The summed E-state index contributed by atoms with van der Waals surface area (Å²) in [5, 5.41) is 0. The lowest BCUT2D eigenvalue weighted by Gasteiger charge is -2.23. The fourth-order valence-corrected chi connectivity index (χ4v) is 4.65. The third-order valence-corrected chi connectivity index (χ3v) is 6.24. The maximum absolute atomic E-state index is 12.5. The number of ketones is 1. The van der Waals surface area contributed by atoms with Crippen molar-refractivity contribution >= 4 is 17.7 Å². The Balaban J connectivity index is 1.53. The molecule has 1 aliphatic heterocycles. The molecule has 0 spiro atoms. The van der Waals surface area contributed by atoms with Crippen LogP contribution in [-0.4, -0.2) is 29.9 Å². The van der Waals surface area contributed by atoms with Crippen LogP contribution in [0.4, 0.5) is 0 Å². The highest BCUT2D eigenvalue weighted by atomic mass is 16.6. The Morgan fingerprint density at radius 1 is 1.07 bits per heavy atom. The SMILES string of the molecule is CCCCCCCC(=O)CC[C@H]1C(OC(=O)c2ccccc2)C[C@@H]2OC(=O)CC12. The molecule has 1 saturated carbocycles. The quantitative estimate of drug-likeness (QED) is 0.391. The molecule has 1 aromatic carbocycles. The molecule has 5 nitrogen and oxygen atoms in total. The molecule has 4 atom stereocenters. The molecule has 2 unspecified atom stereocenters. The smallest absolute Gasteiger partial charge is 0.338 e. The first-order chi connectivity index (χ1) is 14.1. The molecule has 1 aromatic rings. The Bertz CT molecular complexity index is 698. The zero-order valence-electron chi connectivity index (χ0n) is 17.3. The van der Waals surface area contributed by atoms with Crippen LogP contribution in [0.15, 0.2) is 30.3 Å². The number of unbranched alkanes of at least 4 members (excludes halogenated alkanes) is 4. The molecule has 2 fully saturated rings. The fraction of sp³-hybridized carbons (Fsp3) is 0.625. The zero-order chi connectivity index (χ0) is 20.6. The number of hydrogen-bond acceptors (Lipinski definition) is 5. The number of Topliss-reactive ketones (excluding diaryl/α,β-unsaturated/α-hetero) is 1. The molecule has 0 amide bonds. The predicted octanol–water partition coefficient (Wildman–Crippen LogP) is 4.87. The van der Waals surface area contributed by atoms with E-state index in [4.69, 9.17) is 9.47 Å². The minimum atomic E-state index is -0.353. The second kappa shape index (κ2) is 10.6. The van der Waals surface area contributed by atoms with Gasteiger partial charge in [0.25, 0.3) is 0 Å². The number of esters is 2. The van der Waals surface area contributed by atoms with E-state index in [1.807, 2.05) is 6.07 Å². The monoisotopic (exact) mass is 400 g/mol. The number of rotatable bonds is 11. The normalized spacial score (nSPS) is 25.5. The fourth-order valence-electron chi connectivity index (χ4n) is 4.65. The zero-order valence-corrected chi connectivity index (χ0v) is 17.3. The van der Waals surface area contributed by atoms with E-state index in [1.54, 1.807) is 24.3 Å². The minimum absolute atomic E-state index is 0.00292. The summed E-state index contributed by atoms with van der Waals surface area (Å²) in [4.78, 5) is 36.6. The average Bonchev–Trinajstić information content (AvgIpc) is 3.22. The molecular weight excluding hydrogens is 368 g/mol. The van der Waals surface area contributed by atoms with E-state index in [-0.39, 0.29) is 41.8 Å². The van der Waals surface area contributed by atoms with E-state index in [1.165, 1.54) is 19.3 Å². The van der Waals surface area contributed by atoms with Gasteiger partial charge < -0.3 is 9.47 Å². The summed E-state index contributed by atoms with van der Waals surface area (Å²) >= 11 is 0. The lowest BCUT2D eigenvalue weighted by molar-refractivity contribution is -0.141. The van der Waals surface area contributed by atoms with Gasteiger partial charge in [-0.1, -0.05) is 50.8 Å². The molecule has 29 heavy (non-hydrogen) atoms. The lowest BCUT2D eigenvalue weighted by Crippen LogP contribution is -2.26. The molecule has 158 valence electrons. The number of fused-ring (bicyclic) bond motifs is 1. The third kappa shape index (κ3) is 5.91. The van der Waals surface area contributed by atoms with Gasteiger partial charge in [0.2, 0.25) is 0 Å². The first-order valence-corrected chi connectivity index (χ1v) is 11.1. The third-order valence-electron chi connectivity index (χ3n) is 6.24. The molecular formula is C24H32O5. The van der Waals surface area contributed by atoms with E-state index in [9.17, 15) is 14.4 Å². The van der Waals surface area contributed by atoms with Crippen LogP contribution in [0.5, 0.6) is 0 Å². The molecule has 3 rings (SSSR count). The number of carbonyl (C=O) groups is 3. The first-order valence-electron chi connectivity index (χ1n) is 11.1. The predicted molar refractivity (Wildman–Crippen MR) is 109 cm³/mol. The molecule has 0 radical (unpaired) electrons. The van der Waals surface area contributed by atoms with Crippen molar-refractivity contribution in [1.82, 2.24) is 0 Å². The van der Waals surface area contributed by atoms with Gasteiger partial charge in [-0.2, -0.15) is 0 Å². The average molecular weight is 401 g/mol.